The molecule has 1 amide bonds. The molecular weight excluding hydrogens is 309 g/mol. The van der Waals surface area contributed by atoms with E-state index in [0.717, 1.165) is 42.2 Å². The van der Waals surface area contributed by atoms with Gasteiger partial charge in [-0.2, -0.15) is 0 Å². The lowest BCUT2D eigenvalue weighted by atomic mass is 9.93. The van der Waals surface area contributed by atoms with E-state index >= 15 is 0 Å². The average Bonchev–Trinajstić information content (AvgIpc) is 3.04. The molecule has 0 spiro atoms. The molecular formula is C19H18FNO3. The van der Waals surface area contributed by atoms with Gasteiger partial charge in [-0.05, 0) is 66.1 Å². The fourth-order valence-electron chi connectivity index (χ4n) is 3.44. The van der Waals surface area contributed by atoms with Crippen molar-refractivity contribution in [2.45, 2.75) is 25.7 Å². The van der Waals surface area contributed by atoms with Gasteiger partial charge in [-0.15, -0.1) is 0 Å². The summed E-state index contributed by atoms with van der Waals surface area (Å²) in [6, 6.07) is 6.23. The molecule has 2 aromatic carbocycles. The molecule has 0 radical (unpaired) electrons. The maximum absolute atomic E-state index is 14.0. The lowest BCUT2D eigenvalue weighted by Gasteiger charge is -2.15. The van der Waals surface area contributed by atoms with Crippen molar-refractivity contribution in [3.8, 4) is 5.75 Å². The Morgan fingerprint density at radius 2 is 2.04 bits per heavy atom. The molecule has 0 aromatic heterocycles. The largest absolute Gasteiger partial charge is 0.496 e. The highest BCUT2D eigenvalue weighted by Gasteiger charge is 2.22. The Bertz CT molecular complexity index is 830. The number of carbonyl (C=O) groups is 2. The van der Waals surface area contributed by atoms with Crippen molar-refractivity contribution >= 4 is 12.2 Å². The molecule has 1 aliphatic rings. The molecule has 5 heteroatoms. The number of methoxy groups -OCH3 is 1. The highest BCUT2D eigenvalue weighted by molar-refractivity contribution is 5.93. The van der Waals surface area contributed by atoms with Crippen LogP contribution in [0.15, 0.2) is 24.3 Å². The molecule has 0 saturated carbocycles. The Balaban J connectivity index is 2.02. The topological polar surface area (TPSA) is 69.4 Å². The van der Waals surface area contributed by atoms with Gasteiger partial charge >= 0.3 is 0 Å². The molecule has 0 fully saturated rings. The van der Waals surface area contributed by atoms with Crippen molar-refractivity contribution in [2.24, 2.45) is 5.73 Å². The van der Waals surface area contributed by atoms with E-state index in [1.807, 2.05) is 6.07 Å². The third kappa shape index (κ3) is 2.77. The molecule has 2 N–H and O–H groups in total. The number of carbonyl (C=O) groups excluding carboxylic acids is 2. The number of hydrogen-bond acceptors (Lipinski definition) is 3. The quantitative estimate of drug-likeness (QED) is 0.859. The van der Waals surface area contributed by atoms with Gasteiger partial charge in [-0.1, -0.05) is 6.07 Å². The van der Waals surface area contributed by atoms with Crippen LogP contribution in [0.1, 0.15) is 49.4 Å². The Morgan fingerprint density at radius 3 is 2.67 bits per heavy atom. The zero-order valence-electron chi connectivity index (χ0n) is 13.4. The van der Waals surface area contributed by atoms with Crippen LogP contribution >= 0.6 is 0 Å². The van der Waals surface area contributed by atoms with Gasteiger partial charge in [-0.25, -0.2) is 4.39 Å². The molecule has 0 bridgehead atoms. The molecule has 0 atom stereocenters. The molecule has 3 rings (SSSR count). The Kier molecular flexibility index (Phi) is 4.34. The third-order valence-electron chi connectivity index (χ3n) is 4.50. The minimum atomic E-state index is -0.785. The molecule has 124 valence electrons. The van der Waals surface area contributed by atoms with Gasteiger partial charge in [0.25, 0.3) is 5.91 Å². The summed E-state index contributed by atoms with van der Waals surface area (Å²) in [4.78, 5) is 22.5. The second-order valence-corrected chi connectivity index (χ2v) is 5.94. The number of halogens is 1. The van der Waals surface area contributed by atoms with Crippen molar-refractivity contribution in [1.82, 2.24) is 0 Å². The summed E-state index contributed by atoms with van der Waals surface area (Å²) in [7, 11) is 1.57. The number of hydrogen-bond donors (Lipinski definition) is 1. The van der Waals surface area contributed by atoms with Crippen LogP contribution in [-0.4, -0.2) is 19.3 Å². The van der Waals surface area contributed by atoms with Gasteiger partial charge in [0, 0.05) is 0 Å². The zero-order valence-corrected chi connectivity index (χ0v) is 13.4. The predicted octanol–water partition coefficient (Wildman–Crippen LogP) is 2.83. The molecule has 1 aliphatic carbocycles. The van der Waals surface area contributed by atoms with E-state index in [1.54, 1.807) is 13.2 Å². The first-order chi connectivity index (χ1) is 11.5. The van der Waals surface area contributed by atoms with Crippen molar-refractivity contribution < 1.29 is 18.7 Å². The first-order valence-corrected chi connectivity index (χ1v) is 7.80. The number of amides is 1. The molecule has 24 heavy (non-hydrogen) atoms. The Labute approximate surface area is 139 Å². The summed E-state index contributed by atoms with van der Waals surface area (Å²) in [6.07, 6.45) is 4.08. The van der Waals surface area contributed by atoms with Gasteiger partial charge in [0.05, 0.1) is 18.2 Å². The van der Waals surface area contributed by atoms with Crippen LogP contribution in [0, 0.1) is 5.82 Å². The minimum Gasteiger partial charge on any atom is -0.496 e. The molecule has 0 unspecified atom stereocenters. The van der Waals surface area contributed by atoms with E-state index in [-0.39, 0.29) is 5.56 Å². The molecule has 0 aliphatic heterocycles. The second kappa shape index (κ2) is 6.43. The molecule has 0 saturated heterocycles. The van der Waals surface area contributed by atoms with Gasteiger partial charge in [0.15, 0.2) is 6.29 Å². The standard InChI is InChI=1S/C19H18FNO3/c1-24-18-13(10-22)9-12(14-3-2-4-15(14)18)7-11-5-6-16(19(21)23)17(20)8-11/h5-6,8-10H,2-4,7H2,1H3,(H2,21,23). The van der Waals surface area contributed by atoms with Crippen molar-refractivity contribution in [2.75, 3.05) is 7.11 Å². The monoisotopic (exact) mass is 327 g/mol. The van der Waals surface area contributed by atoms with Gasteiger partial charge in [-0.3, -0.25) is 9.59 Å². The van der Waals surface area contributed by atoms with Crippen molar-refractivity contribution in [3.05, 3.63) is 63.5 Å². The first-order valence-electron chi connectivity index (χ1n) is 7.80. The van der Waals surface area contributed by atoms with Gasteiger partial charge in [0.1, 0.15) is 11.6 Å². The van der Waals surface area contributed by atoms with Gasteiger partial charge in [0.2, 0.25) is 0 Å². The third-order valence-corrected chi connectivity index (χ3v) is 4.50. The number of rotatable bonds is 5. The normalized spacial score (nSPS) is 12.8. The number of benzene rings is 2. The van der Waals surface area contributed by atoms with E-state index in [9.17, 15) is 14.0 Å². The molecule has 4 nitrogen and oxygen atoms in total. The van der Waals surface area contributed by atoms with Crippen LogP contribution in [0.25, 0.3) is 0 Å². The second-order valence-electron chi connectivity index (χ2n) is 5.94. The lowest BCUT2D eigenvalue weighted by molar-refractivity contribution is 0.0996. The van der Waals surface area contributed by atoms with Gasteiger partial charge < -0.3 is 10.5 Å². The number of nitrogens with two attached hydrogens (primary N) is 1. The van der Waals surface area contributed by atoms with Crippen LogP contribution in [0.3, 0.4) is 0 Å². The number of primary amides is 1. The van der Waals surface area contributed by atoms with E-state index in [2.05, 4.69) is 0 Å². The van der Waals surface area contributed by atoms with Crippen molar-refractivity contribution in [3.63, 3.8) is 0 Å². The minimum absolute atomic E-state index is 0.118. The maximum Gasteiger partial charge on any atom is 0.251 e. The highest BCUT2D eigenvalue weighted by atomic mass is 19.1. The van der Waals surface area contributed by atoms with E-state index in [4.69, 9.17) is 10.5 Å². The van der Waals surface area contributed by atoms with Crippen LogP contribution in [0.4, 0.5) is 4.39 Å². The first kappa shape index (κ1) is 16.2. The van der Waals surface area contributed by atoms with Crippen LogP contribution < -0.4 is 10.5 Å². The van der Waals surface area contributed by atoms with Crippen LogP contribution in [-0.2, 0) is 19.3 Å². The predicted molar refractivity (Wildman–Crippen MR) is 88.1 cm³/mol. The van der Waals surface area contributed by atoms with E-state index in [1.165, 1.54) is 17.7 Å². The summed E-state index contributed by atoms with van der Waals surface area (Å²) < 4.78 is 19.4. The fourth-order valence-corrected chi connectivity index (χ4v) is 3.44. The number of fused-ring (bicyclic) bond motifs is 1. The summed E-state index contributed by atoms with van der Waals surface area (Å²) in [6.45, 7) is 0. The SMILES string of the molecule is COc1c(C=O)cc(Cc2ccc(C(N)=O)c(F)c2)c2c1CCC2. The summed E-state index contributed by atoms with van der Waals surface area (Å²) >= 11 is 0. The Morgan fingerprint density at radius 1 is 1.29 bits per heavy atom. The van der Waals surface area contributed by atoms with Crippen LogP contribution in [0.2, 0.25) is 0 Å². The maximum atomic E-state index is 14.0. The molecule has 2 aromatic rings. The zero-order chi connectivity index (χ0) is 17.3. The van der Waals surface area contributed by atoms with Crippen molar-refractivity contribution in [1.29, 1.82) is 0 Å². The van der Waals surface area contributed by atoms with E-state index < -0.39 is 11.7 Å². The molecule has 0 heterocycles. The summed E-state index contributed by atoms with van der Waals surface area (Å²) in [5, 5.41) is 0. The van der Waals surface area contributed by atoms with Crippen LogP contribution in [0.5, 0.6) is 5.75 Å². The smallest absolute Gasteiger partial charge is 0.251 e. The van der Waals surface area contributed by atoms with E-state index in [0.29, 0.717) is 17.7 Å². The lowest BCUT2D eigenvalue weighted by Crippen LogP contribution is -2.13. The Hall–Kier alpha value is -2.69. The number of ether oxygens (including phenoxy) is 1. The fraction of sp³-hybridized carbons (Fsp3) is 0.263. The number of aldehydes is 1. The summed E-state index contributed by atoms with van der Waals surface area (Å²) in [5.74, 6) is -0.759. The average molecular weight is 327 g/mol. The highest BCUT2D eigenvalue weighted by Crippen LogP contribution is 2.36. The summed E-state index contributed by atoms with van der Waals surface area (Å²) in [5.41, 5.74) is 9.51.